The SMILES string of the molecule is COc1ccc(C(=O)N(CCCBr)C2CCC2)cc1OC. The number of alkyl halides is 1. The molecule has 0 heterocycles. The number of amides is 1. The highest BCUT2D eigenvalue weighted by molar-refractivity contribution is 9.09. The summed E-state index contributed by atoms with van der Waals surface area (Å²) in [7, 11) is 3.18. The molecule has 1 aliphatic carbocycles. The van der Waals surface area contributed by atoms with Crippen LogP contribution in [0.2, 0.25) is 0 Å². The third kappa shape index (κ3) is 3.70. The van der Waals surface area contributed by atoms with E-state index < -0.39 is 0 Å². The molecule has 1 aliphatic rings. The highest BCUT2D eigenvalue weighted by Gasteiger charge is 2.29. The number of nitrogens with zero attached hydrogens (tertiary/aromatic N) is 1. The highest BCUT2D eigenvalue weighted by atomic mass is 79.9. The van der Waals surface area contributed by atoms with Crippen LogP contribution in [0.5, 0.6) is 11.5 Å². The van der Waals surface area contributed by atoms with Crippen molar-refractivity contribution in [3.8, 4) is 11.5 Å². The van der Waals surface area contributed by atoms with Crippen LogP contribution >= 0.6 is 15.9 Å². The van der Waals surface area contributed by atoms with Gasteiger partial charge in [0.15, 0.2) is 11.5 Å². The monoisotopic (exact) mass is 355 g/mol. The van der Waals surface area contributed by atoms with Gasteiger partial charge in [0.25, 0.3) is 5.91 Å². The molecule has 5 heteroatoms. The van der Waals surface area contributed by atoms with Gasteiger partial charge < -0.3 is 14.4 Å². The van der Waals surface area contributed by atoms with Gasteiger partial charge in [0.2, 0.25) is 0 Å². The third-order valence-electron chi connectivity index (χ3n) is 3.94. The average molecular weight is 356 g/mol. The zero-order chi connectivity index (χ0) is 15.2. The fourth-order valence-corrected chi connectivity index (χ4v) is 2.76. The second-order valence-corrected chi connectivity index (χ2v) is 5.99. The van der Waals surface area contributed by atoms with E-state index in [1.165, 1.54) is 6.42 Å². The van der Waals surface area contributed by atoms with Crippen LogP contribution in [0.15, 0.2) is 18.2 Å². The second kappa shape index (κ2) is 7.69. The molecule has 0 radical (unpaired) electrons. The zero-order valence-corrected chi connectivity index (χ0v) is 14.2. The molecule has 0 bridgehead atoms. The molecular weight excluding hydrogens is 334 g/mol. The largest absolute Gasteiger partial charge is 0.493 e. The normalized spacial score (nSPS) is 14.4. The first-order valence-corrected chi connectivity index (χ1v) is 8.42. The van der Waals surface area contributed by atoms with Gasteiger partial charge in [-0.2, -0.15) is 0 Å². The lowest BCUT2D eigenvalue weighted by Crippen LogP contribution is -2.44. The molecule has 1 aromatic carbocycles. The van der Waals surface area contributed by atoms with E-state index in [-0.39, 0.29) is 5.91 Å². The number of methoxy groups -OCH3 is 2. The summed E-state index contributed by atoms with van der Waals surface area (Å²) < 4.78 is 10.5. The minimum atomic E-state index is 0.0848. The van der Waals surface area contributed by atoms with Crippen molar-refractivity contribution < 1.29 is 14.3 Å². The number of hydrogen-bond acceptors (Lipinski definition) is 3. The lowest BCUT2D eigenvalue weighted by atomic mass is 9.90. The van der Waals surface area contributed by atoms with Crippen molar-refractivity contribution >= 4 is 21.8 Å². The Kier molecular flexibility index (Phi) is 5.91. The summed E-state index contributed by atoms with van der Waals surface area (Å²) in [4.78, 5) is 14.8. The standard InChI is InChI=1S/C16H22BrNO3/c1-20-14-8-7-12(11-15(14)21-2)16(19)18(10-4-9-17)13-5-3-6-13/h7-8,11,13H,3-6,9-10H2,1-2H3. The van der Waals surface area contributed by atoms with Crippen molar-refractivity contribution in [1.82, 2.24) is 4.90 Å². The Morgan fingerprint density at radius 1 is 1.29 bits per heavy atom. The molecule has 21 heavy (non-hydrogen) atoms. The van der Waals surface area contributed by atoms with Crippen LogP contribution in [0.4, 0.5) is 0 Å². The van der Waals surface area contributed by atoms with Gasteiger partial charge >= 0.3 is 0 Å². The zero-order valence-electron chi connectivity index (χ0n) is 12.6. The molecule has 0 aromatic heterocycles. The van der Waals surface area contributed by atoms with Crippen molar-refractivity contribution in [2.45, 2.75) is 31.7 Å². The lowest BCUT2D eigenvalue weighted by molar-refractivity contribution is 0.0581. The lowest BCUT2D eigenvalue weighted by Gasteiger charge is -2.37. The Morgan fingerprint density at radius 3 is 2.52 bits per heavy atom. The molecule has 0 unspecified atom stereocenters. The predicted molar refractivity (Wildman–Crippen MR) is 86.6 cm³/mol. The van der Waals surface area contributed by atoms with Crippen LogP contribution in [0, 0.1) is 0 Å². The van der Waals surface area contributed by atoms with Crippen LogP contribution in [0.1, 0.15) is 36.0 Å². The van der Waals surface area contributed by atoms with Crippen LogP contribution < -0.4 is 9.47 Å². The van der Waals surface area contributed by atoms with Crippen LogP contribution in [0.3, 0.4) is 0 Å². The fourth-order valence-electron chi connectivity index (χ4n) is 2.51. The number of ether oxygens (including phenoxy) is 2. The number of rotatable bonds is 7. The summed E-state index contributed by atoms with van der Waals surface area (Å²) in [5.74, 6) is 1.32. The molecule has 116 valence electrons. The third-order valence-corrected chi connectivity index (χ3v) is 4.50. The molecule has 1 aromatic rings. The summed E-state index contributed by atoms with van der Waals surface area (Å²) in [6.45, 7) is 0.795. The minimum Gasteiger partial charge on any atom is -0.493 e. The quantitative estimate of drug-likeness (QED) is 0.702. The predicted octanol–water partition coefficient (Wildman–Crippen LogP) is 3.48. The van der Waals surface area contributed by atoms with E-state index in [4.69, 9.17) is 9.47 Å². The van der Waals surface area contributed by atoms with Gasteiger partial charge in [-0.3, -0.25) is 4.79 Å². The second-order valence-electron chi connectivity index (χ2n) is 5.20. The van der Waals surface area contributed by atoms with Crippen molar-refractivity contribution in [2.75, 3.05) is 26.1 Å². The summed E-state index contributed by atoms with van der Waals surface area (Å²) >= 11 is 3.44. The van der Waals surface area contributed by atoms with Gasteiger partial charge in [0.1, 0.15) is 0 Å². The van der Waals surface area contributed by atoms with Gasteiger partial charge in [0.05, 0.1) is 14.2 Å². The smallest absolute Gasteiger partial charge is 0.254 e. The number of halogens is 1. The first kappa shape index (κ1) is 16.1. The Hall–Kier alpha value is -1.23. The molecule has 0 saturated heterocycles. The fraction of sp³-hybridized carbons (Fsp3) is 0.562. The Balaban J connectivity index is 2.19. The maximum atomic E-state index is 12.8. The summed E-state index contributed by atoms with van der Waals surface area (Å²) in [5, 5.41) is 0.912. The molecule has 1 saturated carbocycles. The maximum absolute atomic E-state index is 12.8. The topological polar surface area (TPSA) is 38.8 Å². The molecule has 1 fully saturated rings. The van der Waals surface area contributed by atoms with Gasteiger partial charge in [0, 0.05) is 23.5 Å². The number of carbonyl (C=O) groups excluding carboxylic acids is 1. The van der Waals surface area contributed by atoms with Crippen LogP contribution in [-0.4, -0.2) is 42.9 Å². The van der Waals surface area contributed by atoms with Crippen molar-refractivity contribution in [1.29, 1.82) is 0 Å². The van der Waals surface area contributed by atoms with E-state index in [0.29, 0.717) is 23.1 Å². The molecule has 1 amide bonds. The maximum Gasteiger partial charge on any atom is 0.254 e. The number of benzene rings is 1. The number of hydrogen-bond donors (Lipinski definition) is 0. The molecule has 0 atom stereocenters. The summed E-state index contributed by atoms with van der Waals surface area (Å²) in [6.07, 6.45) is 4.41. The molecule has 4 nitrogen and oxygen atoms in total. The van der Waals surface area contributed by atoms with Crippen LogP contribution in [0.25, 0.3) is 0 Å². The van der Waals surface area contributed by atoms with E-state index in [9.17, 15) is 4.79 Å². The first-order chi connectivity index (χ1) is 10.2. The molecule has 0 spiro atoms. The summed E-state index contributed by atoms with van der Waals surface area (Å²) in [5.41, 5.74) is 0.661. The van der Waals surface area contributed by atoms with E-state index in [0.717, 1.165) is 31.1 Å². The van der Waals surface area contributed by atoms with E-state index >= 15 is 0 Å². The highest BCUT2D eigenvalue weighted by Crippen LogP contribution is 2.30. The van der Waals surface area contributed by atoms with E-state index in [1.807, 2.05) is 11.0 Å². The van der Waals surface area contributed by atoms with E-state index in [2.05, 4.69) is 15.9 Å². The Labute approximate surface area is 134 Å². The minimum absolute atomic E-state index is 0.0848. The van der Waals surface area contributed by atoms with Crippen molar-refractivity contribution in [3.05, 3.63) is 23.8 Å². The van der Waals surface area contributed by atoms with E-state index in [1.54, 1.807) is 26.4 Å². The van der Waals surface area contributed by atoms with Gasteiger partial charge in [-0.1, -0.05) is 15.9 Å². The Bertz CT molecular complexity index is 488. The van der Waals surface area contributed by atoms with Gasteiger partial charge in [-0.05, 0) is 43.9 Å². The molecular formula is C16H22BrNO3. The van der Waals surface area contributed by atoms with Gasteiger partial charge in [-0.15, -0.1) is 0 Å². The molecule has 2 rings (SSSR count). The molecule has 0 aliphatic heterocycles. The molecule has 0 N–H and O–H groups in total. The first-order valence-electron chi connectivity index (χ1n) is 7.30. The van der Waals surface area contributed by atoms with Crippen molar-refractivity contribution in [2.24, 2.45) is 0 Å². The summed E-state index contributed by atoms with van der Waals surface area (Å²) in [6, 6.07) is 5.75. The van der Waals surface area contributed by atoms with Crippen molar-refractivity contribution in [3.63, 3.8) is 0 Å². The average Bonchev–Trinajstić information content (AvgIpc) is 2.47. The Morgan fingerprint density at radius 2 is 2.00 bits per heavy atom. The van der Waals surface area contributed by atoms with Gasteiger partial charge in [-0.25, -0.2) is 0 Å². The number of carbonyl (C=O) groups is 1. The van der Waals surface area contributed by atoms with Crippen LogP contribution in [-0.2, 0) is 0 Å².